The fourth-order valence-corrected chi connectivity index (χ4v) is 3.99. The lowest BCUT2D eigenvalue weighted by atomic mass is 9.96. The van der Waals surface area contributed by atoms with Crippen LogP contribution < -0.4 is 10.2 Å². The summed E-state index contributed by atoms with van der Waals surface area (Å²) in [5, 5.41) is 12.0. The molecule has 0 amide bonds. The highest BCUT2D eigenvalue weighted by Crippen LogP contribution is 2.21. The first-order valence-corrected chi connectivity index (χ1v) is 10.5. The maximum atomic E-state index is 4.73. The summed E-state index contributed by atoms with van der Waals surface area (Å²) in [5.41, 5.74) is 1.25. The van der Waals surface area contributed by atoms with Gasteiger partial charge in [-0.25, -0.2) is 0 Å². The molecular weight excluding hydrogens is 348 g/mol. The van der Waals surface area contributed by atoms with Crippen LogP contribution in [0.15, 0.2) is 42.6 Å². The standard InChI is InChI=1S/C22H30N6/c1-3-8-19(9-4-1)10-7-13-27-14-16-28(17-15-27)22-25-21(18-23-26-22)24-20-11-5-2-6-12-20/h1,3-4,7-10,18,20H,2,5-6,11-17H2,(H,24,25,26)/b10-7+. The Hall–Kier alpha value is -2.47. The summed E-state index contributed by atoms with van der Waals surface area (Å²) < 4.78 is 0. The fraction of sp³-hybridized carbons (Fsp3) is 0.500. The summed E-state index contributed by atoms with van der Waals surface area (Å²) in [6.07, 6.45) is 12.6. The fourth-order valence-electron chi connectivity index (χ4n) is 3.99. The summed E-state index contributed by atoms with van der Waals surface area (Å²) in [6.45, 7) is 4.89. The van der Waals surface area contributed by atoms with Gasteiger partial charge in [0.05, 0.1) is 6.20 Å². The average Bonchev–Trinajstić information content (AvgIpc) is 2.76. The number of benzene rings is 1. The molecule has 1 aromatic carbocycles. The third kappa shape index (κ3) is 5.29. The predicted molar refractivity (Wildman–Crippen MR) is 114 cm³/mol. The largest absolute Gasteiger partial charge is 0.366 e. The van der Waals surface area contributed by atoms with Gasteiger partial charge < -0.3 is 10.2 Å². The van der Waals surface area contributed by atoms with Crippen molar-refractivity contribution in [1.82, 2.24) is 20.1 Å². The van der Waals surface area contributed by atoms with E-state index in [1.54, 1.807) is 6.20 Å². The second-order valence-electron chi connectivity index (χ2n) is 7.72. The number of hydrogen-bond acceptors (Lipinski definition) is 6. The van der Waals surface area contributed by atoms with Crippen LogP contribution in [0.2, 0.25) is 0 Å². The van der Waals surface area contributed by atoms with Crippen LogP contribution in [0.4, 0.5) is 11.8 Å². The summed E-state index contributed by atoms with van der Waals surface area (Å²) in [7, 11) is 0. The van der Waals surface area contributed by atoms with Crippen molar-refractivity contribution >= 4 is 17.8 Å². The molecule has 1 aliphatic heterocycles. The minimum Gasteiger partial charge on any atom is -0.366 e. The highest BCUT2D eigenvalue weighted by atomic mass is 15.4. The van der Waals surface area contributed by atoms with Crippen LogP contribution in [0.5, 0.6) is 0 Å². The van der Waals surface area contributed by atoms with Gasteiger partial charge in [0, 0.05) is 38.8 Å². The lowest BCUT2D eigenvalue weighted by Crippen LogP contribution is -2.47. The van der Waals surface area contributed by atoms with E-state index in [9.17, 15) is 0 Å². The van der Waals surface area contributed by atoms with Crippen LogP contribution in [-0.2, 0) is 0 Å². The maximum Gasteiger partial charge on any atom is 0.247 e. The SMILES string of the molecule is C(=C\c1ccccc1)/CN1CCN(c2nncc(NC3CCCCC3)n2)CC1. The second-order valence-corrected chi connectivity index (χ2v) is 7.72. The molecule has 0 bridgehead atoms. The van der Waals surface area contributed by atoms with Crippen LogP contribution in [0.25, 0.3) is 6.08 Å². The van der Waals surface area contributed by atoms with Gasteiger partial charge in [-0.05, 0) is 18.4 Å². The molecule has 0 radical (unpaired) electrons. The van der Waals surface area contributed by atoms with E-state index < -0.39 is 0 Å². The van der Waals surface area contributed by atoms with E-state index in [1.165, 1.54) is 37.7 Å². The highest BCUT2D eigenvalue weighted by molar-refractivity contribution is 5.48. The first kappa shape index (κ1) is 18.9. The summed E-state index contributed by atoms with van der Waals surface area (Å²) in [4.78, 5) is 9.44. The number of nitrogens with zero attached hydrogens (tertiary/aromatic N) is 5. The van der Waals surface area contributed by atoms with Gasteiger partial charge in [0.1, 0.15) is 0 Å². The molecule has 2 fully saturated rings. The molecule has 1 saturated carbocycles. The van der Waals surface area contributed by atoms with E-state index in [-0.39, 0.29) is 0 Å². The third-order valence-corrected chi connectivity index (χ3v) is 5.63. The Bertz CT molecular complexity index is 749. The predicted octanol–water partition coefficient (Wildman–Crippen LogP) is 3.45. The Balaban J connectivity index is 1.26. The molecule has 148 valence electrons. The van der Waals surface area contributed by atoms with E-state index in [4.69, 9.17) is 4.98 Å². The van der Waals surface area contributed by atoms with E-state index in [2.05, 4.69) is 61.7 Å². The second kappa shape index (κ2) is 9.64. The number of piperazine rings is 1. The Labute approximate surface area is 167 Å². The zero-order valence-electron chi connectivity index (χ0n) is 16.5. The molecule has 2 heterocycles. The zero-order valence-corrected chi connectivity index (χ0v) is 16.5. The van der Waals surface area contributed by atoms with Crippen LogP contribution in [0, 0.1) is 0 Å². The van der Waals surface area contributed by atoms with Gasteiger partial charge in [0.2, 0.25) is 5.95 Å². The van der Waals surface area contributed by atoms with Crippen molar-refractivity contribution < 1.29 is 0 Å². The monoisotopic (exact) mass is 378 g/mol. The topological polar surface area (TPSA) is 57.2 Å². The number of hydrogen-bond donors (Lipinski definition) is 1. The van der Waals surface area contributed by atoms with Crippen molar-refractivity contribution in [3.8, 4) is 0 Å². The molecule has 0 spiro atoms. The lowest BCUT2D eigenvalue weighted by Gasteiger charge is -2.34. The van der Waals surface area contributed by atoms with Crippen molar-refractivity contribution in [3.05, 3.63) is 48.2 Å². The molecule has 6 heteroatoms. The molecule has 1 saturated heterocycles. The Morgan fingerprint density at radius 2 is 1.79 bits per heavy atom. The molecule has 6 nitrogen and oxygen atoms in total. The molecule has 0 atom stereocenters. The summed E-state index contributed by atoms with van der Waals surface area (Å²) >= 11 is 0. The van der Waals surface area contributed by atoms with Gasteiger partial charge in [-0.2, -0.15) is 10.1 Å². The van der Waals surface area contributed by atoms with Crippen LogP contribution in [0.1, 0.15) is 37.7 Å². The van der Waals surface area contributed by atoms with E-state index >= 15 is 0 Å². The molecule has 0 unspecified atom stereocenters. The minimum absolute atomic E-state index is 0.534. The summed E-state index contributed by atoms with van der Waals surface area (Å²) in [6, 6.07) is 11.0. The first-order valence-electron chi connectivity index (χ1n) is 10.5. The maximum absolute atomic E-state index is 4.73. The van der Waals surface area contributed by atoms with Crippen molar-refractivity contribution in [2.75, 3.05) is 42.9 Å². The molecular formula is C22H30N6. The molecule has 28 heavy (non-hydrogen) atoms. The van der Waals surface area contributed by atoms with Crippen LogP contribution >= 0.6 is 0 Å². The highest BCUT2D eigenvalue weighted by Gasteiger charge is 2.20. The van der Waals surface area contributed by atoms with E-state index in [0.717, 1.165) is 44.5 Å². The third-order valence-electron chi connectivity index (χ3n) is 5.63. The Morgan fingerprint density at radius 3 is 2.57 bits per heavy atom. The summed E-state index contributed by atoms with van der Waals surface area (Å²) in [5.74, 6) is 1.62. The molecule has 2 aliphatic rings. The van der Waals surface area contributed by atoms with Crippen molar-refractivity contribution in [3.63, 3.8) is 0 Å². The minimum atomic E-state index is 0.534. The van der Waals surface area contributed by atoms with Crippen molar-refractivity contribution in [1.29, 1.82) is 0 Å². The number of aromatic nitrogens is 3. The van der Waals surface area contributed by atoms with Gasteiger partial charge >= 0.3 is 0 Å². The number of rotatable bonds is 6. The lowest BCUT2D eigenvalue weighted by molar-refractivity contribution is 0.282. The zero-order chi connectivity index (χ0) is 19.0. The first-order chi connectivity index (χ1) is 13.9. The number of anilines is 2. The van der Waals surface area contributed by atoms with Crippen LogP contribution in [-0.4, -0.2) is 58.8 Å². The molecule has 1 aliphatic carbocycles. The molecule has 4 rings (SSSR count). The van der Waals surface area contributed by atoms with Gasteiger partial charge in [-0.1, -0.05) is 61.7 Å². The molecule has 1 aromatic heterocycles. The average molecular weight is 379 g/mol. The van der Waals surface area contributed by atoms with Gasteiger partial charge in [-0.15, -0.1) is 5.10 Å². The van der Waals surface area contributed by atoms with Crippen molar-refractivity contribution in [2.45, 2.75) is 38.1 Å². The van der Waals surface area contributed by atoms with Gasteiger partial charge in [0.15, 0.2) is 5.82 Å². The van der Waals surface area contributed by atoms with Crippen molar-refractivity contribution in [2.24, 2.45) is 0 Å². The quantitative estimate of drug-likeness (QED) is 0.831. The smallest absolute Gasteiger partial charge is 0.247 e. The van der Waals surface area contributed by atoms with Gasteiger partial charge in [0.25, 0.3) is 0 Å². The van der Waals surface area contributed by atoms with E-state index in [0.29, 0.717) is 6.04 Å². The number of nitrogens with one attached hydrogen (secondary N) is 1. The van der Waals surface area contributed by atoms with E-state index in [1.807, 2.05) is 6.07 Å². The van der Waals surface area contributed by atoms with Crippen LogP contribution in [0.3, 0.4) is 0 Å². The molecule has 2 aromatic rings. The van der Waals surface area contributed by atoms with Gasteiger partial charge in [-0.3, -0.25) is 4.90 Å². The molecule has 1 N–H and O–H groups in total. The normalized spacial score (nSPS) is 19.2. The Morgan fingerprint density at radius 1 is 1.00 bits per heavy atom. The Kier molecular flexibility index (Phi) is 6.50.